The predicted octanol–water partition coefficient (Wildman–Crippen LogP) is 4.01. The molecule has 0 aliphatic carbocycles. The second kappa shape index (κ2) is 8.69. The lowest BCUT2D eigenvalue weighted by molar-refractivity contribution is -0.596. The molecule has 0 radical (unpaired) electrons. The summed E-state index contributed by atoms with van der Waals surface area (Å²) in [5, 5.41) is 4.03. The Morgan fingerprint density at radius 3 is 2.13 bits per heavy atom. The highest BCUT2D eigenvalue weighted by atomic mass is 35.5. The second-order valence-corrected chi connectivity index (χ2v) is 7.75. The minimum absolute atomic E-state index is 0.295. The summed E-state index contributed by atoms with van der Waals surface area (Å²) in [5.74, 6) is -0.641. The van der Waals surface area contributed by atoms with Crippen LogP contribution in [-0.4, -0.2) is 28.8 Å². The van der Waals surface area contributed by atoms with Crippen LogP contribution >= 0.6 is 23.2 Å². The zero-order valence-electron chi connectivity index (χ0n) is 15.8. The van der Waals surface area contributed by atoms with Gasteiger partial charge in [0, 0.05) is 26.7 Å². The minimum atomic E-state index is -0.779. The van der Waals surface area contributed by atoms with Gasteiger partial charge < -0.3 is 5.32 Å². The van der Waals surface area contributed by atoms with E-state index in [1.54, 1.807) is 41.1 Å². The van der Waals surface area contributed by atoms with E-state index in [2.05, 4.69) is 10.7 Å². The molecule has 1 heterocycles. The highest BCUT2D eigenvalue weighted by Crippen LogP contribution is 2.25. The van der Waals surface area contributed by atoms with Crippen LogP contribution in [0.2, 0.25) is 10.0 Å². The largest absolute Gasteiger partial charge is 0.334 e. The fourth-order valence-electron chi connectivity index (χ4n) is 3.37. The van der Waals surface area contributed by atoms with Crippen LogP contribution < -0.4 is 10.7 Å². The molecule has 150 valence electrons. The molecule has 5 nitrogen and oxygen atoms in total. The molecule has 4 rings (SSSR count). The maximum absolute atomic E-state index is 12.8. The van der Waals surface area contributed by atoms with Gasteiger partial charge in [0.25, 0.3) is 5.91 Å². The van der Waals surface area contributed by atoms with Crippen molar-refractivity contribution >= 4 is 41.2 Å². The van der Waals surface area contributed by atoms with Gasteiger partial charge in [-0.2, -0.15) is 0 Å². The van der Waals surface area contributed by atoms with Gasteiger partial charge in [-0.3, -0.25) is 9.59 Å². The molecule has 1 aliphatic heterocycles. The van der Waals surface area contributed by atoms with E-state index in [0.29, 0.717) is 15.6 Å². The molecule has 30 heavy (non-hydrogen) atoms. The maximum Gasteiger partial charge on any atom is 0.304 e. The van der Waals surface area contributed by atoms with Crippen molar-refractivity contribution in [1.29, 1.82) is 0 Å². The van der Waals surface area contributed by atoms with Crippen LogP contribution in [-0.2, 0) is 4.79 Å². The van der Waals surface area contributed by atoms with Gasteiger partial charge in [-0.25, -0.2) is 0 Å². The van der Waals surface area contributed by atoms with Gasteiger partial charge >= 0.3 is 5.91 Å². The first-order valence-electron chi connectivity index (χ1n) is 9.32. The predicted molar refractivity (Wildman–Crippen MR) is 117 cm³/mol. The number of carbonyl (C=O) groups excluding carboxylic acids is 2. The number of hydrogen-bond donors (Lipinski definition) is 2. The Morgan fingerprint density at radius 1 is 0.900 bits per heavy atom. The summed E-state index contributed by atoms with van der Waals surface area (Å²) < 4.78 is 1.72. The molecule has 0 bridgehead atoms. The van der Waals surface area contributed by atoms with Crippen molar-refractivity contribution in [2.45, 2.75) is 12.1 Å². The van der Waals surface area contributed by atoms with E-state index >= 15 is 0 Å². The van der Waals surface area contributed by atoms with E-state index in [9.17, 15) is 9.59 Å². The first-order valence-corrected chi connectivity index (χ1v) is 10.1. The van der Waals surface area contributed by atoms with E-state index in [4.69, 9.17) is 23.2 Å². The summed E-state index contributed by atoms with van der Waals surface area (Å²) in [4.78, 5) is 25.6. The molecule has 1 saturated heterocycles. The van der Waals surface area contributed by atoms with Crippen LogP contribution in [0.3, 0.4) is 0 Å². The van der Waals surface area contributed by atoms with Gasteiger partial charge in [-0.05, 0) is 48.5 Å². The number of nitrogens with zero attached hydrogens (tertiary/aromatic N) is 1. The normalized spacial score (nSPS) is 19.5. The molecule has 0 aromatic heterocycles. The van der Waals surface area contributed by atoms with Crippen LogP contribution in [0.25, 0.3) is 0 Å². The summed E-state index contributed by atoms with van der Waals surface area (Å²) in [6, 6.07) is 22.2. The fraction of sp³-hybridized carbons (Fsp3) is 0.0870. The lowest BCUT2D eigenvalue weighted by Crippen LogP contribution is -2.42. The Hall–Kier alpha value is -3.15. The van der Waals surface area contributed by atoms with Crippen LogP contribution in [0.5, 0.6) is 0 Å². The van der Waals surface area contributed by atoms with Crippen molar-refractivity contribution in [2.24, 2.45) is 0 Å². The standard InChI is InChI=1S/C23H17Cl2N3O2/c24-18-10-6-15(7-11-18)14-28-21(16-4-2-1-3-5-16)20(23(30)27-28)26-22(29)17-8-12-19(25)13-9-17/h1-14,20-21H,(H-,26,27,29,30)/p+1/b28-14-/t20-,21+/m0/s1. The Balaban J connectivity index is 1.68. The number of rotatable bonds is 4. The molecule has 7 heteroatoms. The average Bonchev–Trinajstić information content (AvgIpc) is 3.05. The molecule has 2 amide bonds. The van der Waals surface area contributed by atoms with Gasteiger partial charge in [0.2, 0.25) is 12.3 Å². The third-order valence-corrected chi connectivity index (χ3v) is 5.33. The van der Waals surface area contributed by atoms with Crippen molar-refractivity contribution in [3.63, 3.8) is 0 Å². The third kappa shape index (κ3) is 4.37. The van der Waals surface area contributed by atoms with Gasteiger partial charge in [-0.1, -0.05) is 53.5 Å². The number of halogens is 2. The van der Waals surface area contributed by atoms with E-state index in [1.807, 2.05) is 48.7 Å². The summed E-state index contributed by atoms with van der Waals surface area (Å²) in [6.45, 7) is 0. The molecule has 0 saturated carbocycles. The van der Waals surface area contributed by atoms with Gasteiger partial charge in [-0.15, -0.1) is 10.1 Å². The Morgan fingerprint density at radius 2 is 1.50 bits per heavy atom. The minimum Gasteiger partial charge on any atom is -0.334 e. The van der Waals surface area contributed by atoms with E-state index < -0.39 is 12.1 Å². The van der Waals surface area contributed by atoms with Crippen LogP contribution in [0.15, 0.2) is 78.9 Å². The summed E-state index contributed by atoms with van der Waals surface area (Å²) in [6.07, 6.45) is 1.82. The molecule has 1 fully saturated rings. The number of hydrazone groups is 1. The van der Waals surface area contributed by atoms with Crippen molar-refractivity contribution in [1.82, 2.24) is 10.7 Å². The van der Waals surface area contributed by atoms with Crippen LogP contribution in [0.1, 0.15) is 27.5 Å². The van der Waals surface area contributed by atoms with Crippen LogP contribution in [0, 0.1) is 0 Å². The summed E-state index contributed by atoms with van der Waals surface area (Å²) in [7, 11) is 0. The number of hydrogen-bond acceptors (Lipinski definition) is 2. The maximum atomic E-state index is 12.8. The zero-order chi connectivity index (χ0) is 21.1. The number of benzene rings is 3. The Bertz CT molecular complexity index is 1100. The fourth-order valence-corrected chi connectivity index (χ4v) is 3.62. The van der Waals surface area contributed by atoms with Crippen LogP contribution in [0.4, 0.5) is 0 Å². The molecule has 1 aliphatic rings. The monoisotopic (exact) mass is 438 g/mol. The molecular formula is C23H18Cl2N3O2+. The molecule has 2 N–H and O–H groups in total. The van der Waals surface area contributed by atoms with E-state index in [0.717, 1.165) is 11.1 Å². The SMILES string of the molecule is O=C(N[C@@H]1C(=O)N/[N+](=C\c2ccc(Cl)cc2)[C@@H]1c1ccccc1)c1ccc(Cl)cc1. The first kappa shape index (κ1) is 20.1. The molecule has 2 atom stereocenters. The van der Waals surface area contributed by atoms with E-state index in [1.165, 1.54) is 0 Å². The highest BCUT2D eigenvalue weighted by Gasteiger charge is 2.47. The number of carbonyl (C=O) groups is 2. The summed E-state index contributed by atoms with van der Waals surface area (Å²) >= 11 is 11.9. The van der Waals surface area contributed by atoms with Gasteiger partial charge in [0.15, 0.2) is 6.04 Å². The van der Waals surface area contributed by atoms with Gasteiger partial charge in [0.05, 0.1) is 0 Å². The van der Waals surface area contributed by atoms with E-state index in [-0.39, 0.29) is 11.8 Å². The zero-order valence-corrected chi connectivity index (χ0v) is 17.3. The Kier molecular flexibility index (Phi) is 5.84. The van der Waals surface area contributed by atoms with Crippen molar-refractivity contribution in [3.05, 3.63) is 106 Å². The number of hydrazine groups is 1. The van der Waals surface area contributed by atoms with Crippen molar-refractivity contribution in [2.75, 3.05) is 0 Å². The molecule has 3 aromatic rings. The lowest BCUT2D eigenvalue weighted by Gasteiger charge is -2.14. The average molecular weight is 439 g/mol. The summed E-state index contributed by atoms with van der Waals surface area (Å²) in [5.41, 5.74) is 5.04. The van der Waals surface area contributed by atoms with Gasteiger partial charge in [0.1, 0.15) is 0 Å². The molecule has 0 unspecified atom stereocenters. The topological polar surface area (TPSA) is 61.2 Å². The highest BCUT2D eigenvalue weighted by molar-refractivity contribution is 6.31. The second-order valence-electron chi connectivity index (χ2n) is 6.88. The molecule has 0 spiro atoms. The third-order valence-electron chi connectivity index (χ3n) is 4.83. The molecular weight excluding hydrogens is 421 g/mol. The quantitative estimate of drug-likeness (QED) is 0.604. The number of amides is 2. The smallest absolute Gasteiger partial charge is 0.304 e. The van der Waals surface area contributed by atoms with Crippen molar-refractivity contribution in [3.8, 4) is 0 Å². The van der Waals surface area contributed by atoms with Crippen molar-refractivity contribution < 1.29 is 14.3 Å². The first-order chi connectivity index (χ1) is 14.5. The number of nitrogens with one attached hydrogen (secondary N) is 2. The Labute approximate surface area is 183 Å². The molecule has 3 aromatic carbocycles. The lowest BCUT2D eigenvalue weighted by atomic mass is 10.00.